The molecule has 0 saturated heterocycles. The van der Waals surface area contributed by atoms with E-state index in [0.29, 0.717) is 11.1 Å². The minimum Gasteiger partial charge on any atom is -0.310 e. The molecule has 0 radical (unpaired) electrons. The summed E-state index contributed by atoms with van der Waals surface area (Å²) in [6, 6.07) is 12.1. The summed E-state index contributed by atoms with van der Waals surface area (Å²) in [5, 5.41) is 13.9. The fourth-order valence-corrected chi connectivity index (χ4v) is 4.17. The lowest BCUT2D eigenvalue weighted by molar-refractivity contribution is -0.384. The highest BCUT2D eigenvalue weighted by molar-refractivity contribution is 7.98. The number of halogens is 1. The number of carbonyl (C=O) groups excluding carboxylic acids is 1. The molecule has 8 nitrogen and oxygen atoms in total. The van der Waals surface area contributed by atoms with Gasteiger partial charge in [0.2, 0.25) is 5.91 Å². The molecule has 1 aliphatic heterocycles. The van der Waals surface area contributed by atoms with Crippen LogP contribution >= 0.6 is 11.8 Å². The summed E-state index contributed by atoms with van der Waals surface area (Å²) in [5.41, 5.74) is 0.611. The van der Waals surface area contributed by atoms with E-state index in [9.17, 15) is 24.1 Å². The lowest BCUT2D eigenvalue weighted by Gasteiger charge is -2.24. The highest BCUT2D eigenvalue weighted by Crippen LogP contribution is 2.35. The summed E-state index contributed by atoms with van der Waals surface area (Å²) in [5.74, 6) is -0.999. The van der Waals surface area contributed by atoms with Crippen molar-refractivity contribution in [1.82, 2.24) is 9.97 Å². The summed E-state index contributed by atoms with van der Waals surface area (Å²) in [4.78, 5) is 42.6. The Morgan fingerprint density at radius 2 is 2.00 bits per heavy atom. The Labute approximate surface area is 173 Å². The van der Waals surface area contributed by atoms with Gasteiger partial charge in [0, 0.05) is 30.2 Å². The number of amides is 1. The van der Waals surface area contributed by atoms with Crippen molar-refractivity contribution in [1.29, 1.82) is 0 Å². The van der Waals surface area contributed by atoms with Crippen LogP contribution in [-0.4, -0.2) is 20.8 Å². The van der Waals surface area contributed by atoms with Crippen LogP contribution in [0.25, 0.3) is 0 Å². The van der Waals surface area contributed by atoms with Gasteiger partial charge in [0.15, 0.2) is 5.16 Å². The number of H-pyrrole nitrogens is 1. The average molecular weight is 426 g/mol. The molecule has 0 aliphatic carbocycles. The van der Waals surface area contributed by atoms with E-state index < -0.39 is 16.4 Å². The smallest absolute Gasteiger partial charge is 0.269 e. The van der Waals surface area contributed by atoms with Crippen LogP contribution in [0, 0.1) is 15.9 Å². The fourth-order valence-electron chi connectivity index (χ4n) is 3.32. The van der Waals surface area contributed by atoms with Crippen molar-refractivity contribution in [2.24, 2.45) is 0 Å². The fraction of sp³-hybridized carbons (Fsp3) is 0.150. The number of aromatic amines is 1. The van der Waals surface area contributed by atoms with Crippen LogP contribution in [-0.2, 0) is 10.5 Å². The molecule has 0 saturated carbocycles. The maximum atomic E-state index is 13.8. The van der Waals surface area contributed by atoms with Gasteiger partial charge in [-0.15, -0.1) is 0 Å². The zero-order valence-corrected chi connectivity index (χ0v) is 16.2. The molecule has 0 spiro atoms. The van der Waals surface area contributed by atoms with Gasteiger partial charge in [0.25, 0.3) is 11.2 Å². The predicted molar refractivity (Wildman–Crippen MR) is 109 cm³/mol. The number of anilines is 1. The Bertz CT molecular complexity index is 1210. The van der Waals surface area contributed by atoms with E-state index >= 15 is 0 Å². The number of nitro benzene ring substituents is 1. The third-order valence-corrected chi connectivity index (χ3v) is 5.66. The topological polar surface area (TPSA) is 118 Å². The minimum atomic E-state index is -0.657. The number of nitrogens with one attached hydrogen (secondary N) is 2. The first-order valence-electron chi connectivity index (χ1n) is 8.97. The molecule has 2 heterocycles. The van der Waals surface area contributed by atoms with E-state index in [2.05, 4.69) is 15.3 Å². The molecule has 2 N–H and O–H groups in total. The molecule has 1 aliphatic rings. The van der Waals surface area contributed by atoms with Crippen molar-refractivity contribution < 1.29 is 14.1 Å². The third kappa shape index (κ3) is 3.94. The molecule has 0 bridgehead atoms. The molecule has 4 rings (SSSR count). The Hall–Kier alpha value is -3.53. The number of nitro groups is 1. The van der Waals surface area contributed by atoms with E-state index in [1.54, 1.807) is 24.3 Å². The zero-order chi connectivity index (χ0) is 21.3. The molecule has 30 heavy (non-hydrogen) atoms. The molecule has 2 aromatic carbocycles. The number of non-ortho nitro benzene ring substituents is 1. The molecule has 3 aromatic rings. The number of rotatable bonds is 5. The monoisotopic (exact) mass is 426 g/mol. The Morgan fingerprint density at radius 1 is 1.20 bits per heavy atom. The number of hydrogen-bond donors (Lipinski definition) is 2. The number of benzene rings is 2. The number of thioether (sulfide) groups is 1. The highest BCUT2D eigenvalue weighted by atomic mass is 32.2. The molecule has 10 heteroatoms. The summed E-state index contributed by atoms with van der Waals surface area (Å²) in [7, 11) is 0. The zero-order valence-electron chi connectivity index (χ0n) is 15.4. The number of carbonyl (C=O) groups is 1. The number of nitrogens with zero attached hydrogens (tertiary/aromatic N) is 2. The maximum absolute atomic E-state index is 13.8. The summed E-state index contributed by atoms with van der Waals surface area (Å²) in [6.45, 7) is 0. The second kappa shape index (κ2) is 8.07. The first kappa shape index (κ1) is 19.8. The molecular formula is C20H15FN4O4S. The summed E-state index contributed by atoms with van der Waals surface area (Å²) in [6.07, 6.45) is -0.0271. The van der Waals surface area contributed by atoms with Gasteiger partial charge >= 0.3 is 0 Å². The third-order valence-electron chi connectivity index (χ3n) is 4.73. The number of hydrogen-bond acceptors (Lipinski definition) is 6. The Balaban J connectivity index is 1.68. The van der Waals surface area contributed by atoms with Crippen LogP contribution in [0.2, 0.25) is 0 Å². The van der Waals surface area contributed by atoms with Crippen LogP contribution in [0.15, 0.2) is 58.5 Å². The van der Waals surface area contributed by atoms with Crippen LogP contribution in [0.1, 0.15) is 29.0 Å². The van der Waals surface area contributed by atoms with Gasteiger partial charge in [-0.1, -0.05) is 42.1 Å². The van der Waals surface area contributed by atoms with Crippen LogP contribution in [0.3, 0.4) is 0 Å². The van der Waals surface area contributed by atoms with Crippen molar-refractivity contribution in [2.45, 2.75) is 23.2 Å². The Kier molecular flexibility index (Phi) is 5.32. The lowest BCUT2D eigenvalue weighted by atomic mass is 9.86. The van der Waals surface area contributed by atoms with Crippen LogP contribution in [0.5, 0.6) is 0 Å². The average Bonchev–Trinajstić information content (AvgIpc) is 2.72. The molecule has 1 atom stereocenters. The van der Waals surface area contributed by atoms with Gasteiger partial charge in [0.05, 0.1) is 10.5 Å². The SMILES string of the molecule is O=C1CC(c2cccc([N+](=O)[O-])c2)c2c(nc(SCc3ccccc3F)[nH]c2=O)N1. The van der Waals surface area contributed by atoms with Gasteiger partial charge in [-0.25, -0.2) is 9.37 Å². The second-order valence-corrected chi connectivity index (χ2v) is 7.63. The highest BCUT2D eigenvalue weighted by Gasteiger charge is 2.31. The molecule has 0 fully saturated rings. The molecule has 1 aromatic heterocycles. The maximum Gasteiger partial charge on any atom is 0.269 e. The normalized spacial score (nSPS) is 15.4. The van der Waals surface area contributed by atoms with E-state index in [-0.39, 0.29) is 46.1 Å². The number of aromatic nitrogens is 2. The van der Waals surface area contributed by atoms with Crippen molar-refractivity contribution in [3.05, 3.63) is 91.5 Å². The minimum absolute atomic E-state index is 0.0271. The number of fused-ring (bicyclic) bond motifs is 1. The molecule has 1 unspecified atom stereocenters. The van der Waals surface area contributed by atoms with Crippen LogP contribution in [0.4, 0.5) is 15.9 Å². The largest absolute Gasteiger partial charge is 0.310 e. The van der Waals surface area contributed by atoms with Gasteiger partial charge in [-0.05, 0) is 17.2 Å². The molecule has 1 amide bonds. The first-order valence-corrected chi connectivity index (χ1v) is 9.95. The quantitative estimate of drug-likeness (QED) is 0.279. The van der Waals surface area contributed by atoms with Crippen molar-refractivity contribution in [2.75, 3.05) is 5.32 Å². The lowest BCUT2D eigenvalue weighted by Crippen LogP contribution is -2.31. The van der Waals surface area contributed by atoms with E-state index in [0.717, 1.165) is 11.8 Å². The predicted octanol–water partition coefficient (Wildman–Crippen LogP) is 3.58. The van der Waals surface area contributed by atoms with Crippen molar-refractivity contribution in [3.63, 3.8) is 0 Å². The van der Waals surface area contributed by atoms with E-state index in [1.165, 1.54) is 24.3 Å². The molecular weight excluding hydrogens is 411 g/mol. The molecule has 152 valence electrons. The summed E-state index contributed by atoms with van der Waals surface area (Å²) >= 11 is 1.13. The van der Waals surface area contributed by atoms with E-state index in [4.69, 9.17) is 0 Å². The second-order valence-electron chi connectivity index (χ2n) is 6.67. The summed E-state index contributed by atoms with van der Waals surface area (Å²) < 4.78 is 13.8. The van der Waals surface area contributed by atoms with Crippen LogP contribution < -0.4 is 10.9 Å². The van der Waals surface area contributed by atoms with Gasteiger partial charge in [-0.2, -0.15) is 0 Å². The van der Waals surface area contributed by atoms with Crippen molar-refractivity contribution >= 4 is 29.2 Å². The van der Waals surface area contributed by atoms with E-state index in [1.807, 2.05) is 0 Å². The van der Waals surface area contributed by atoms with Gasteiger partial charge < -0.3 is 10.3 Å². The Morgan fingerprint density at radius 3 is 2.77 bits per heavy atom. The first-order chi connectivity index (χ1) is 14.4. The van der Waals surface area contributed by atoms with Crippen molar-refractivity contribution in [3.8, 4) is 0 Å². The van der Waals surface area contributed by atoms with Gasteiger partial charge in [-0.3, -0.25) is 19.7 Å². The standard InChI is InChI=1S/C20H15FN4O4S/c21-15-7-2-1-4-12(15)10-30-20-23-18-17(19(27)24-20)14(9-16(26)22-18)11-5-3-6-13(8-11)25(28)29/h1-8,14H,9-10H2,(H2,22,23,24,26,27). The van der Waals surface area contributed by atoms with Gasteiger partial charge in [0.1, 0.15) is 11.6 Å².